The molecule has 0 heterocycles. The molecule has 0 aliphatic rings. The average Bonchev–Trinajstić information content (AvgIpc) is 2.45. The first-order valence-corrected chi connectivity index (χ1v) is 9.14. The topological polar surface area (TPSA) is 9.23 Å². The average molecular weight is 324 g/mol. The fourth-order valence-corrected chi connectivity index (χ4v) is 2.60. The summed E-state index contributed by atoms with van der Waals surface area (Å²) < 4.78 is 43.3. The van der Waals surface area contributed by atoms with E-state index in [1.165, 1.54) is 38.5 Å². The third-order valence-electron chi connectivity index (χ3n) is 4.12. The van der Waals surface area contributed by atoms with Crippen molar-refractivity contribution in [3.8, 4) is 0 Å². The molecule has 0 fully saturated rings. The van der Waals surface area contributed by atoms with E-state index >= 15 is 0 Å². The lowest BCUT2D eigenvalue weighted by atomic mass is 10.0. The molecule has 4 heteroatoms. The summed E-state index contributed by atoms with van der Waals surface area (Å²) in [6.07, 6.45) is 6.68. The van der Waals surface area contributed by atoms with Crippen LogP contribution in [0.25, 0.3) is 0 Å². The summed E-state index contributed by atoms with van der Waals surface area (Å²) >= 11 is 0. The SMILES string of the molecule is CCCCCCCC(CCCCCCC)O[C@H](C)C(F)(F)F. The van der Waals surface area contributed by atoms with Crippen molar-refractivity contribution >= 4 is 0 Å². The lowest BCUT2D eigenvalue weighted by molar-refractivity contribution is -0.228. The highest BCUT2D eigenvalue weighted by Crippen LogP contribution is 2.26. The largest absolute Gasteiger partial charge is 0.414 e. The maximum atomic E-state index is 12.7. The first-order chi connectivity index (χ1) is 10.4. The Morgan fingerprint density at radius 3 is 1.50 bits per heavy atom. The van der Waals surface area contributed by atoms with Crippen molar-refractivity contribution in [3.05, 3.63) is 0 Å². The van der Waals surface area contributed by atoms with E-state index in [-0.39, 0.29) is 6.10 Å². The zero-order valence-electron chi connectivity index (χ0n) is 14.7. The summed E-state index contributed by atoms with van der Waals surface area (Å²) in [4.78, 5) is 0. The van der Waals surface area contributed by atoms with Gasteiger partial charge in [0.1, 0.15) is 0 Å². The zero-order valence-corrected chi connectivity index (χ0v) is 14.7. The minimum atomic E-state index is -4.25. The van der Waals surface area contributed by atoms with Crippen molar-refractivity contribution in [2.24, 2.45) is 0 Å². The van der Waals surface area contributed by atoms with E-state index in [0.29, 0.717) is 0 Å². The Hall–Kier alpha value is -0.250. The van der Waals surface area contributed by atoms with Crippen LogP contribution in [0.4, 0.5) is 13.2 Å². The maximum absolute atomic E-state index is 12.7. The van der Waals surface area contributed by atoms with Crippen LogP contribution in [0.3, 0.4) is 0 Å². The van der Waals surface area contributed by atoms with Gasteiger partial charge in [0.2, 0.25) is 0 Å². The molecule has 0 bridgehead atoms. The molecule has 0 saturated carbocycles. The Labute approximate surface area is 135 Å². The maximum Gasteiger partial charge on any atom is 0.414 e. The van der Waals surface area contributed by atoms with Crippen molar-refractivity contribution < 1.29 is 17.9 Å². The standard InChI is InChI=1S/C18H35F3O/c1-4-6-8-10-12-14-17(15-13-11-9-7-5-2)22-16(3)18(19,20)21/h16-17H,4-15H2,1-3H3/t16-/m1/s1. The van der Waals surface area contributed by atoms with Crippen LogP contribution in [0.15, 0.2) is 0 Å². The van der Waals surface area contributed by atoms with Gasteiger partial charge in [-0.3, -0.25) is 0 Å². The molecule has 134 valence electrons. The van der Waals surface area contributed by atoms with Gasteiger partial charge in [-0.2, -0.15) is 13.2 Å². The third-order valence-corrected chi connectivity index (χ3v) is 4.12. The van der Waals surface area contributed by atoms with Gasteiger partial charge in [-0.15, -0.1) is 0 Å². The highest BCUT2D eigenvalue weighted by molar-refractivity contribution is 4.67. The van der Waals surface area contributed by atoms with Crippen LogP contribution >= 0.6 is 0 Å². The van der Waals surface area contributed by atoms with Gasteiger partial charge in [0.15, 0.2) is 6.10 Å². The molecule has 0 aromatic heterocycles. The molecule has 0 N–H and O–H groups in total. The molecule has 1 nitrogen and oxygen atoms in total. The number of unbranched alkanes of at least 4 members (excludes halogenated alkanes) is 8. The molecular weight excluding hydrogens is 289 g/mol. The molecular formula is C18H35F3O. The number of alkyl halides is 3. The van der Waals surface area contributed by atoms with Crippen LogP contribution in [-0.2, 0) is 4.74 Å². The first kappa shape index (κ1) is 21.8. The van der Waals surface area contributed by atoms with Gasteiger partial charge < -0.3 is 4.74 Å². The molecule has 1 atom stereocenters. The fraction of sp³-hybridized carbons (Fsp3) is 1.00. The van der Waals surface area contributed by atoms with E-state index in [1.807, 2.05) is 0 Å². The van der Waals surface area contributed by atoms with E-state index in [4.69, 9.17) is 4.74 Å². The smallest absolute Gasteiger partial charge is 0.366 e. The molecule has 0 saturated heterocycles. The monoisotopic (exact) mass is 324 g/mol. The second-order valence-corrected chi connectivity index (χ2v) is 6.35. The molecule has 0 amide bonds. The van der Waals surface area contributed by atoms with E-state index in [2.05, 4.69) is 13.8 Å². The van der Waals surface area contributed by atoms with E-state index < -0.39 is 12.3 Å². The highest BCUT2D eigenvalue weighted by Gasteiger charge is 2.38. The lowest BCUT2D eigenvalue weighted by Gasteiger charge is -2.24. The Balaban J connectivity index is 4.07. The number of hydrogen-bond acceptors (Lipinski definition) is 1. The van der Waals surface area contributed by atoms with E-state index in [0.717, 1.165) is 45.4 Å². The van der Waals surface area contributed by atoms with Crippen LogP contribution in [0.2, 0.25) is 0 Å². The molecule has 0 aliphatic heterocycles. The molecule has 0 spiro atoms. The van der Waals surface area contributed by atoms with Crippen LogP contribution < -0.4 is 0 Å². The third kappa shape index (κ3) is 12.3. The van der Waals surface area contributed by atoms with Crippen molar-refractivity contribution in [1.82, 2.24) is 0 Å². The molecule has 22 heavy (non-hydrogen) atoms. The number of rotatable bonds is 14. The predicted octanol–water partition coefficient (Wildman–Crippen LogP) is 7.04. The second-order valence-electron chi connectivity index (χ2n) is 6.35. The van der Waals surface area contributed by atoms with Gasteiger partial charge in [0.05, 0.1) is 6.10 Å². The molecule has 0 rings (SSSR count). The van der Waals surface area contributed by atoms with Gasteiger partial charge in [-0.05, 0) is 19.8 Å². The first-order valence-electron chi connectivity index (χ1n) is 9.14. The summed E-state index contributed by atoms with van der Waals surface area (Å²) in [6, 6.07) is 0. The van der Waals surface area contributed by atoms with Crippen LogP contribution in [0.5, 0.6) is 0 Å². The molecule has 0 aliphatic carbocycles. The van der Waals surface area contributed by atoms with Crippen molar-refractivity contribution in [2.45, 2.75) is 116 Å². The Morgan fingerprint density at radius 1 is 0.727 bits per heavy atom. The number of ether oxygens (including phenoxy) is 1. The fourth-order valence-electron chi connectivity index (χ4n) is 2.60. The normalized spacial score (nSPS) is 13.8. The quantitative estimate of drug-likeness (QED) is 0.311. The van der Waals surface area contributed by atoms with Crippen LogP contribution in [-0.4, -0.2) is 18.4 Å². The minimum Gasteiger partial charge on any atom is -0.366 e. The van der Waals surface area contributed by atoms with Crippen molar-refractivity contribution in [1.29, 1.82) is 0 Å². The molecule has 0 aromatic rings. The Bertz CT molecular complexity index is 227. The molecule has 0 aromatic carbocycles. The van der Waals surface area contributed by atoms with E-state index in [9.17, 15) is 13.2 Å². The number of halogens is 3. The Kier molecular flexibility index (Phi) is 13.1. The molecule has 0 unspecified atom stereocenters. The summed E-state index contributed by atoms with van der Waals surface area (Å²) in [7, 11) is 0. The van der Waals surface area contributed by atoms with Gasteiger partial charge in [-0.25, -0.2) is 0 Å². The van der Waals surface area contributed by atoms with Crippen LogP contribution in [0, 0.1) is 0 Å². The predicted molar refractivity (Wildman–Crippen MR) is 87.1 cm³/mol. The lowest BCUT2D eigenvalue weighted by Crippen LogP contribution is -2.32. The molecule has 0 radical (unpaired) electrons. The highest BCUT2D eigenvalue weighted by atomic mass is 19.4. The van der Waals surface area contributed by atoms with E-state index in [1.54, 1.807) is 0 Å². The second kappa shape index (κ2) is 13.2. The van der Waals surface area contributed by atoms with Gasteiger partial charge >= 0.3 is 6.18 Å². The van der Waals surface area contributed by atoms with Crippen molar-refractivity contribution in [3.63, 3.8) is 0 Å². The number of hydrogen-bond donors (Lipinski definition) is 0. The van der Waals surface area contributed by atoms with Gasteiger partial charge in [0.25, 0.3) is 0 Å². The minimum absolute atomic E-state index is 0.236. The summed E-state index contributed by atoms with van der Waals surface area (Å²) in [5.41, 5.74) is 0. The van der Waals surface area contributed by atoms with Gasteiger partial charge in [-0.1, -0.05) is 78.1 Å². The van der Waals surface area contributed by atoms with Gasteiger partial charge in [0, 0.05) is 0 Å². The summed E-state index contributed by atoms with van der Waals surface area (Å²) in [5, 5.41) is 0. The van der Waals surface area contributed by atoms with Crippen molar-refractivity contribution in [2.75, 3.05) is 0 Å². The summed E-state index contributed by atoms with van der Waals surface area (Å²) in [6.45, 7) is 5.45. The zero-order chi connectivity index (χ0) is 16.8. The Morgan fingerprint density at radius 2 is 1.14 bits per heavy atom. The van der Waals surface area contributed by atoms with Crippen LogP contribution in [0.1, 0.15) is 97.8 Å². The summed E-state index contributed by atoms with van der Waals surface area (Å²) in [5.74, 6) is 0.